The number of nitrogens with zero attached hydrogens (tertiary/aromatic N) is 1. The average Bonchev–Trinajstić information content (AvgIpc) is 3.09. The van der Waals surface area contributed by atoms with Gasteiger partial charge in [-0.2, -0.15) is 11.8 Å². The molecule has 3 unspecified atom stereocenters. The molecule has 0 aliphatic carbocycles. The van der Waals surface area contributed by atoms with E-state index < -0.39 is 5.97 Å². The minimum atomic E-state index is -0.880. The van der Waals surface area contributed by atoms with Gasteiger partial charge in [0.15, 0.2) is 0 Å². The van der Waals surface area contributed by atoms with Crippen LogP contribution in [-0.4, -0.2) is 32.3 Å². The molecule has 1 fully saturated rings. The van der Waals surface area contributed by atoms with Crippen LogP contribution in [0.25, 0.3) is 10.6 Å². The van der Waals surface area contributed by atoms with E-state index in [1.807, 2.05) is 28.9 Å². The Balaban J connectivity index is 1.78. The molecule has 1 aliphatic rings. The Bertz CT molecular complexity index is 651. The number of hydrogen-bond donors (Lipinski definition) is 1. The lowest BCUT2D eigenvalue weighted by Gasteiger charge is -2.30. The van der Waals surface area contributed by atoms with Gasteiger partial charge in [0.2, 0.25) is 0 Å². The van der Waals surface area contributed by atoms with Gasteiger partial charge in [-0.05, 0) is 6.07 Å². The van der Waals surface area contributed by atoms with Gasteiger partial charge in [-0.15, -0.1) is 34.4 Å². The molecule has 0 saturated carbocycles. The molecule has 1 N–H and O–H groups in total. The molecule has 0 aromatic carbocycles. The fourth-order valence-corrected chi connectivity index (χ4v) is 6.99. The van der Waals surface area contributed by atoms with Gasteiger partial charge in [0.25, 0.3) is 0 Å². The normalized spacial score (nSPS) is 25.9. The summed E-state index contributed by atoms with van der Waals surface area (Å²) < 4.78 is 0. The zero-order valence-corrected chi connectivity index (χ0v) is 14.9. The SMILES string of the molecule is CC1SCC(c2nc(-c3cc(C(=O)O)cs3)cs2)SC1C. The summed E-state index contributed by atoms with van der Waals surface area (Å²) in [4.78, 5) is 16.6. The number of rotatable bonds is 3. The number of carboxylic acids is 1. The number of aromatic carboxylic acids is 1. The molecule has 3 atom stereocenters. The highest BCUT2D eigenvalue weighted by Crippen LogP contribution is 2.45. The van der Waals surface area contributed by atoms with Crippen LogP contribution in [0.3, 0.4) is 0 Å². The van der Waals surface area contributed by atoms with E-state index in [1.54, 1.807) is 22.8 Å². The predicted molar refractivity (Wildman–Crippen MR) is 94.1 cm³/mol. The van der Waals surface area contributed by atoms with E-state index in [1.165, 1.54) is 11.3 Å². The molecule has 0 spiro atoms. The molecule has 0 bridgehead atoms. The average molecular weight is 358 g/mol. The second-order valence-corrected chi connectivity index (χ2v) is 9.74. The summed E-state index contributed by atoms with van der Waals surface area (Å²) in [6.45, 7) is 4.56. The molecule has 0 amide bonds. The van der Waals surface area contributed by atoms with Gasteiger partial charge in [-0.3, -0.25) is 0 Å². The van der Waals surface area contributed by atoms with Crippen LogP contribution in [-0.2, 0) is 0 Å². The van der Waals surface area contributed by atoms with Crippen molar-refractivity contribution in [3.05, 3.63) is 27.4 Å². The maximum atomic E-state index is 10.9. The van der Waals surface area contributed by atoms with Crippen LogP contribution in [0, 0.1) is 0 Å². The van der Waals surface area contributed by atoms with Crippen molar-refractivity contribution in [2.75, 3.05) is 5.75 Å². The number of hydrogen-bond acceptors (Lipinski definition) is 6. The molecule has 2 aromatic rings. The molecule has 3 rings (SSSR count). The molecular formula is C14H15NO2S4. The Morgan fingerprint density at radius 3 is 2.76 bits per heavy atom. The van der Waals surface area contributed by atoms with E-state index in [-0.39, 0.29) is 0 Å². The topological polar surface area (TPSA) is 50.2 Å². The highest BCUT2D eigenvalue weighted by atomic mass is 32.2. The van der Waals surface area contributed by atoms with Gasteiger partial charge in [0.05, 0.1) is 21.4 Å². The van der Waals surface area contributed by atoms with E-state index in [2.05, 4.69) is 13.8 Å². The highest BCUT2D eigenvalue weighted by molar-refractivity contribution is 8.07. The second-order valence-electron chi connectivity index (χ2n) is 4.94. The lowest BCUT2D eigenvalue weighted by Crippen LogP contribution is -2.21. The number of thiophene rings is 1. The number of aromatic nitrogens is 1. The largest absolute Gasteiger partial charge is 0.478 e. The standard InChI is InChI=1S/C14H15NO2S4/c1-7-8(2)21-12(6-18-7)13-15-10(5-20-13)11-3-9(4-19-11)14(16)17/h3-5,7-8,12H,6H2,1-2H3,(H,16,17). The maximum absolute atomic E-state index is 10.9. The minimum absolute atomic E-state index is 0.342. The quantitative estimate of drug-likeness (QED) is 0.849. The summed E-state index contributed by atoms with van der Waals surface area (Å²) in [7, 11) is 0. The third-order valence-corrected chi connectivity index (χ3v) is 8.91. The first-order valence-corrected chi connectivity index (χ1v) is 10.3. The zero-order chi connectivity index (χ0) is 15.0. The monoisotopic (exact) mass is 357 g/mol. The number of thioether (sulfide) groups is 2. The lowest BCUT2D eigenvalue weighted by atomic mass is 10.3. The Morgan fingerprint density at radius 2 is 2.10 bits per heavy atom. The van der Waals surface area contributed by atoms with Crippen LogP contribution >= 0.6 is 46.2 Å². The molecule has 2 aromatic heterocycles. The highest BCUT2D eigenvalue weighted by Gasteiger charge is 2.28. The first kappa shape index (κ1) is 15.4. The van der Waals surface area contributed by atoms with Crippen molar-refractivity contribution in [3.8, 4) is 10.6 Å². The van der Waals surface area contributed by atoms with Crippen molar-refractivity contribution < 1.29 is 9.90 Å². The summed E-state index contributed by atoms with van der Waals surface area (Å²) in [6, 6.07) is 1.71. The first-order chi connectivity index (χ1) is 10.0. The Kier molecular flexibility index (Phi) is 4.63. The summed E-state index contributed by atoms with van der Waals surface area (Å²) in [5.74, 6) is 0.225. The van der Waals surface area contributed by atoms with Crippen molar-refractivity contribution in [2.45, 2.75) is 29.6 Å². The number of carbonyl (C=O) groups is 1. The predicted octanol–water partition coefficient (Wildman–Crippen LogP) is 4.87. The van der Waals surface area contributed by atoms with E-state index in [0.717, 1.165) is 21.3 Å². The molecule has 3 heterocycles. The van der Waals surface area contributed by atoms with Crippen LogP contribution in [0.1, 0.15) is 34.5 Å². The van der Waals surface area contributed by atoms with Crippen LogP contribution in [0.5, 0.6) is 0 Å². The summed E-state index contributed by atoms with van der Waals surface area (Å²) in [5, 5.41) is 15.7. The minimum Gasteiger partial charge on any atom is -0.478 e. The van der Waals surface area contributed by atoms with E-state index in [9.17, 15) is 4.79 Å². The molecule has 1 saturated heterocycles. The van der Waals surface area contributed by atoms with Crippen molar-refractivity contribution in [2.24, 2.45) is 0 Å². The molecule has 7 heteroatoms. The fraction of sp³-hybridized carbons (Fsp3) is 0.429. The summed E-state index contributed by atoms with van der Waals surface area (Å²) in [6.07, 6.45) is 0. The summed E-state index contributed by atoms with van der Waals surface area (Å²) in [5.41, 5.74) is 1.25. The van der Waals surface area contributed by atoms with Crippen LogP contribution < -0.4 is 0 Å². The number of thiazole rings is 1. The Hall–Kier alpha value is -0.500. The van der Waals surface area contributed by atoms with Crippen molar-refractivity contribution in [1.82, 2.24) is 4.98 Å². The molecule has 3 nitrogen and oxygen atoms in total. The third kappa shape index (κ3) is 3.31. The molecular weight excluding hydrogens is 342 g/mol. The smallest absolute Gasteiger partial charge is 0.336 e. The molecule has 112 valence electrons. The van der Waals surface area contributed by atoms with Gasteiger partial charge in [0, 0.05) is 27.0 Å². The fourth-order valence-electron chi connectivity index (χ4n) is 2.04. The van der Waals surface area contributed by atoms with Gasteiger partial charge in [-0.1, -0.05) is 13.8 Å². The second kappa shape index (κ2) is 6.32. The number of carboxylic acid groups (broad SMARTS) is 1. The van der Waals surface area contributed by atoms with Crippen molar-refractivity contribution >= 4 is 52.2 Å². The van der Waals surface area contributed by atoms with Crippen LogP contribution in [0.15, 0.2) is 16.8 Å². The zero-order valence-electron chi connectivity index (χ0n) is 11.6. The maximum Gasteiger partial charge on any atom is 0.336 e. The molecule has 1 aliphatic heterocycles. The van der Waals surface area contributed by atoms with Crippen molar-refractivity contribution in [3.63, 3.8) is 0 Å². The van der Waals surface area contributed by atoms with Gasteiger partial charge >= 0.3 is 5.97 Å². The Labute approximate surface area is 140 Å². The summed E-state index contributed by atoms with van der Waals surface area (Å²) >= 11 is 7.14. The molecule has 0 radical (unpaired) electrons. The van der Waals surface area contributed by atoms with Gasteiger partial charge < -0.3 is 5.11 Å². The van der Waals surface area contributed by atoms with Crippen LogP contribution in [0.4, 0.5) is 0 Å². The van der Waals surface area contributed by atoms with E-state index >= 15 is 0 Å². The van der Waals surface area contributed by atoms with Crippen molar-refractivity contribution in [1.29, 1.82) is 0 Å². The van der Waals surface area contributed by atoms with Gasteiger partial charge in [-0.25, -0.2) is 9.78 Å². The van der Waals surface area contributed by atoms with E-state index in [4.69, 9.17) is 10.1 Å². The molecule has 21 heavy (non-hydrogen) atoms. The lowest BCUT2D eigenvalue weighted by molar-refractivity contribution is 0.0697. The van der Waals surface area contributed by atoms with Gasteiger partial charge in [0.1, 0.15) is 5.01 Å². The Morgan fingerprint density at radius 1 is 1.29 bits per heavy atom. The van der Waals surface area contributed by atoms with Crippen LogP contribution in [0.2, 0.25) is 0 Å². The first-order valence-electron chi connectivity index (χ1n) is 6.59. The third-order valence-electron chi connectivity index (χ3n) is 3.45. The van der Waals surface area contributed by atoms with E-state index in [0.29, 0.717) is 21.3 Å².